The smallest absolute Gasteiger partial charge is 0.0761 e. The Balaban J connectivity index is 1.51. The molecule has 4 heteroatoms. The fourth-order valence-electron chi connectivity index (χ4n) is 4.03. The Morgan fingerprint density at radius 1 is 1.04 bits per heavy atom. The summed E-state index contributed by atoms with van der Waals surface area (Å²) in [6.07, 6.45) is 9.47. The third kappa shape index (κ3) is 3.50. The molecule has 1 aromatic heterocycles. The Morgan fingerprint density at radius 2 is 1.88 bits per heavy atom. The summed E-state index contributed by atoms with van der Waals surface area (Å²) in [6.45, 7) is 2.97. The molecule has 0 spiro atoms. The maximum atomic E-state index is 5.53. The molecule has 126 valence electrons. The van der Waals surface area contributed by atoms with E-state index in [1.807, 2.05) is 12.4 Å². The van der Waals surface area contributed by atoms with Gasteiger partial charge < -0.3 is 4.74 Å². The molecule has 0 amide bonds. The van der Waals surface area contributed by atoms with Gasteiger partial charge in [0, 0.05) is 38.1 Å². The van der Waals surface area contributed by atoms with Crippen LogP contribution in [0.1, 0.15) is 48.7 Å². The molecule has 0 unspecified atom stereocenters. The Bertz CT molecular complexity index is 655. The molecule has 2 aliphatic rings. The van der Waals surface area contributed by atoms with E-state index in [9.17, 15) is 0 Å². The number of rotatable bonds is 4. The van der Waals surface area contributed by atoms with Gasteiger partial charge in [-0.3, -0.25) is 14.9 Å². The summed E-state index contributed by atoms with van der Waals surface area (Å²) in [4.78, 5) is 12.1. The third-order valence-corrected chi connectivity index (χ3v) is 5.23. The van der Waals surface area contributed by atoms with Gasteiger partial charge in [-0.15, -0.1) is 0 Å². The van der Waals surface area contributed by atoms with E-state index in [0.29, 0.717) is 12.1 Å². The lowest BCUT2D eigenvalue weighted by Crippen LogP contribution is -2.39. The Kier molecular flexibility index (Phi) is 4.86. The van der Waals surface area contributed by atoms with Crippen LogP contribution in [0.15, 0.2) is 42.7 Å². The van der Waals surface area contributed by atoms with Gasteiger partial charge in [0.25, 0.3) is 0 Å². The zero-order valence-electron chi connectivity index (χ0n) is 14.1. The molecule has 3 heterocycles. The van der Waals surface area contributed by atoms with Gasteiger partial charge in [0.1, 0.15) is 0 Å². The molecule has 2 aromatic rings. The molecule has 1 aromatic carbocycles. The lowest BCUT2D eigenvalue weighted by molar-refractivity contribution is 0.0284. The quantitative estimate of drug-likeness (QED) is 0.864. The molecule has 0 N–H and O–H groups in total. The van der Waals surface area contributed by atoms with Gasteiger partial charge in [-0.1, -0.05) is 30.3 Å². The van der Waals surface area contributed by atoms with Gasteiger partial charge in [-0.05, 0) is 37.8 Å². The largest absolute Gasteiger partial charge is 0.381 e. The fourth-order valence-corrected chi connectivity index (χ4v) is 4.03. The molecule has 2 saturated heterocycles. The van der Waals surface area contributed by atoms with Crippen molar-refractivity contribution in [2.24, 2.45) is 0 Å². The molecule has 4 nitrogen and oxygen atoms in total. The summed E-state index contributed by atoms with van der Waals surface area (Å²) >= 11 is 0. The molecule has 0 aliphatic carbocycles. The molecule has 24 heavy (non-hydrogen) atoms. The van der Waals surface area contributed by atoms with Crippen LogP contribution in [0, 0.1) is 0 Å². The summed E-state index contributed by atoms with van der Waals surface area (Å²) in [5.74, 6) is 0. The van der Waals surface area contributed by atoms with Crippen molar-refractivity contribution in [2.75, 3.05) is 19.8 Å². The van der Waals surface area contributed by atoms with Crippen LogP contribution in [0.25, 0.3) is 0 Å². The first-order chi connectivity index (χ1) is 11.9. The van der Waals surface area contributed by atoms with Crippen molar-refractivity contribution < 1.29 is 4.74 Å². The summed E-state index contributed by atoms with van der Waals surface area (Å²) in [5, 5.41) is 0. The third-order valence-electron chi connectivity index (χ3n) is 5.23. The van der Waals surface area contributed by atoms with Crippen LogP contribution in [-0.4, -0.2) is 40.7 Å². The van der Waals surface area contributed by atoms with Gasteiger partial charge in [-0.2, -0.15) is 0 Å². The lowest BCUT2D eigenvalue weighted by Gasteiger charge is -2.35. The van der Waals surface area contributed by atoms with E-state index in [0.717, 1.165) is 43.9 Å². The molecule has 1 atom stereocenters. The van der Waals surface area contributed by atoms with E-state index < -0.39 is 0 Å². The highest BCUT2D eigenvalue weighted by Gasteiger charge is 2.33. The van der Waals surface area contributed by atoms with E-state index in [2.05, 4.69) is 40.2 Å². The number of hydrogen-bond donors (Lipinski definition) is 0. The van der Waals surface area contributed by atoms with Crippen LogP contribution in [0.3, 0.4) is 0 Å². The standard InChI is InChI=1S/C20H25N3O/c1-2-5-16(6-3-1)13-17-14-21-15-19(22-17)20-7-4-10-23(20)18-8-11-24-12-9-18/h1-3,5-6,14-15,18,20H,4,7-13H2/t20-/m0/s1. The highest BCUT2D eigenvalue weighted by atomic mass is 16.5. The van der Waals surface area contributed by atoms with Gasteiger partial charge in [0.15, 0.2) is 0 Å². The minimum Gasteiger partial charge on any atom is -0.381 e. The highest BCUT2D eigenvalue weighted by Crippen LogP contribution is 2.35. The lowest BCUT2D eigenvalue weighted by atomic mass is 10.0. The molecule has 2 aliphatic heterocycles. The molecular formula is C20H25N3O. The first-order valence-corrected chi connectivity index (χ1v) is 9.08. The average molecular weight is 323 g/mol. The number of hydrogen-bond acceptors (Lipinski definition) is 4. The molecule has 0 bridgehead atoms. The molecular weight excluding hydrogens is 298 g/mol. The van der Waals surface area contributed by atoms with Crippen molar-refractivity contribution >= 4 is 0 Å². The van der Waals surface area contributed by atoms with Gasteiger partial charge in [-0.25, -0.2) is 0 Å². The highest BCUT2D eigenvalue weighted by molar-refractivity contribution is 5.21. The van der Waals surface area contributed by atoms with Crippen LogP contribution < -0.4 is 0 Å². The van der Waals surface area contributed by atoms with E-state index in [1.54, 1.807) is 0 Å². The second-order valence-electron chi connectivity index (χ2n) is 6.84. The SMILES string of the molecule is c1ccc(Cc2cncc([C@@H]3CCCN3C3CCOCC3)n2)cc1. The predicted octanol–water partition coefficient (Wildman–Crippen LogP) is 3.38. The molecule has 4 rings (SSSR count). The second kappa shape index (κ2) is 7.41. The topological polar surface area (TPSA) is 38.2 Å². The minimum absolute atomic E-state index is 0.427. The Hall–Kier alpha value is -1.78. The summed E-state index contributed by atoms with van der Waals surface area (Å²) in [5.41, 5.74) is 3.50. The second-order valence-corrected chi connectivity index (χ2v) is 6.84. The van der Waals surface area contributed by atoms with E-state index in [-0.39, 0.29) is 0 Å². The van der Waals surface area contributed by atoms with E-state index in [4.69, 9.17) is 9.72 Å². The zero-order chi connectivity index (χ0) is 16.2. The van der Waals surface area contributed by atoms with Crippen LogP contribution in [-0.2, 0) is 11.2 Å². The number of aromatic nitrogens is 2. The fraction of sp³-hybridized carbons (Fsp3) is 0.500. The van der Waals surface area contributed by atoms with Crippen LogP contribution in [0.2, 0.25) is 0 Å². The van der Waals surface area contributed by atoms with Crippen LogP contribution >= 0.6 is 0 Å². The number of ether oxygens (including phenoxy) is 1. The molecule has 0 radical (unpaired) electrons. The van der Waals surface area contributed by atoms with E-state index >= 15 is 0 Å². The van der Waals surface area contributed by atoms with Crippen LogP contribution in [0.5, 0.6) is 0 Å². The van der Waals surface area contributed by atoms with Crippen molar-refractivity contribution in [3.05, 3.63) is 59.7 Å². The first kappa shape index (κ1) is 15.7. The summed E-state index contributed by atoms with van der Waals surface area (Å²) in [6, 6.07) is 11.6. The first-order valence-electron chi connectivity index (χ1n) is 9.08. The number of likely N-dealkylation sites (tertiary alicyclic amines) is 1. The predicted molar refractivity (Wildman–Crippen MR) is 93.8 cm³/mol. The number of benzene rings is 1. The molecule has 2 fully saturated rings. The minimum atomic E-state index is 0.427. The number of nitrogens with zero attached hydrogens (tertiary/aromatic N) is 3. The maximum absolute atomic E-state index is 5.53. The van der Waals surface area contributed by atoms with Crippen molar-refractivity contribution in [3.63, 3.8) is 0 Å². The van der Waals surface area contributed by atoms with Crippen molar-refractivity contribution in [2.45, 2.75) is 44.2 Å². The Labute approximate surface area is 143 Å². The van der Waals surface area contributed by atoms with Crippen molar-refractivity contribution in [1.82, 2.24) is 14.9 Å². The van der Waals surface area contributed by atoms with Crippen LogP contribution in [0.4, 0.5) is 0 Å². The molecule has 0 saturated carbocycles. The summed E-state index contributed by atoms with van der Waals surface area (Å²) < 4.78 is 5.53. The Morgan fingerprint density at radius 3 is 2.71 bits per heavy atom. The van der Waals surface area contributed by atoms with Gasteiger partial charge in [0.2, 0.25) is 0 Å². The van der Waals surface area contributed by atoms with E-state index in [1.165, 1.54) is 24.9 Å². The maximum Gasteiger partial charge on any atom is 0.0761 e. The van der Waals surface area contributed by atoms with Crippen molar-refractivity contribution in [3.8, 4) is 0 Å². The van der Waals surface area contributed by atoms with Gasteiger partial charge >= 0.3 is 0 Å². The monoisotopic (exact) mass is 323 g/mol. The summed E-state index contributed by atoms with van der Waals surface area (Å²) in [7, 11) is 0. The van der Waals surface area contributed by atoms with Gasteiger partial charge in [0.05, 0.1) is 17.4 Å². The normalized spacial score (nSPS) is 22.8. The van der Waals surface area contributed by atoms with Crippen molar-refractivity contribution in [1.29, 1.82) is 0 Å². The zero-order valence-corrected chi connectivity index (χ0v) is 14.1. The average Bonchev–Trinajstić information content (AvgIpc) is 3.13.